The first-order chi connectivity index (χ1) is 15.8. The van der Waals surface area contributed by atoms with Gasteiger partial charge in [-0.15, -0.1) is 0 Å². The van der Waals surface area contributed by atoms with E-state index in [-0.39, 0.29) is 29.7 Å². The first-order valence-corrected chi connectivity index (χ1v) is 10.7. The summed E-state index contributed by atoms with van der Waals surface area (Å²) in [5.41, 5.74) is 3.84. The molecule has 2 aromatic carbocycles. The second-order valence-corrected chi connectivity index (χ2v) is 8.24. The summed E-state index contributed by atoms with van der Waals surface area (Å²) in [7, 11) is 0. The summed E-state index contributed by atoms with van der Waals surface area (Å²) < 4.78 is 1.34. The predicted octanol–water partition coefficient (Wildman–Crippen LogP) is 3.70. The van der Waals surface area contributed by atoms with Crippen molar-refractivity contribution in [3.63, 3.8) is 0 Å². The molecular formula is C24H25N5O4. The number of anilines is 2. The number of para-hydroxylation sites is 1. The molecule has 0 fully saturated rings. The Hall–Kier alpha value is -4.01. The molecule has 0 saturated heterocycles. The summed E-state index contributed by atoms with van der Waals surface area (Å²) in [6.45, 7) is 4.87. The Morgan fingerprint density at radius 2 is 1.82 bits per heavy atom. The summed E-state index contributed by atoms with van der Waals surface area (Å²) in [5.74, 6) is -0.632. The normalized spacial score (nSPS) is 15.1. The minimum atomic E-state index is -0.708. The highest BCUT2D eigenvalue weighted by Gasteiger charge is 2.36. The molecule has 0 spiro atoms. The van der Waals surface area contributed by atoms with E-state index in [1.54, 1.807) is 13.8 Å². The predicted molar refractivity (Wildman–Crippen MR) is 124 cm³/mol. The number of carbonyl (C=O) groups is 2. The largest absolute Gasteiger partial charge is 0.324 e. The van der Waals surface area contributed by atoms with Crippen LogP contribution in [0.3, 0.4) is 0 Å². The quantitative estimate of drug-likeness (QED) is 0.474. The molecule has 1 atom stereocenters. The Morgan fingerprint density at radius 1 is 1.12 bits per heavy atom. The van der Waals surface area contributed by atoms with Gasteiger partial charge in [0.05, 0.1) is 4.92 Å². The SMILES string of the molecule is Cc1ccc(NC(=O)[C@@H]2CCc3ccccc3N2C(=O)Cn2nc(C)c([N+](=O)[O-])c2C)cc1. The maximum absolute atomic E-state index is 13.5. The van der Waals surface area contributed by atoms with Gasteiger partial charge in [0.25, 0.3) is 0 Å². The number of nitrogens with one attached hydrogen (secondary N) is 1. The zero-order valence-electron chi connectivity index (χ0n) is 18.7. The molecule has 9 heteroatoms. The van der Waals surface area contributed by atoms with Gasteiger partial charge in [-0.2, -0.15) is 5.10 Å². The number of benzene rings is 2. The van der Waals surface area contributed by atoms with Crippen LogP contribution in [0.15, 0.2) is 48.5 Å². The third-order valence-electron chi connectivity index (χ3n) is 5.95. The molecule has 1 aromatic heterocycles. The van der Waals surface area contributed by atoms with Crippen molar-refractivity contribution in [1.82, 2.24) is 9.78 Å². The van der Waals surface area contributed by atoms with Crippen molar-refractivity contribution in [3.8, 4) is 0 Å². The molecule has 0 saturated carbocycles. The highest BCUT2D eigenvalue weighted by molar-refractivity contribution is 6.05. The average molecular weight is 447 g/mol. The molecule has 3 aromatic rings. The van der Waals surface area contributed by atoms with Crippen LogP contribution in [0, 0.1) is 30.9 Å². The maximum Gasteiger partial charge on any atom is 0.312 e. The van der Waals surface area contributed by atoms with Crippen LogP contribution >= 0.6 is 0 Å². The third kappa shape index (κ3) is 4.34. The van der Waals surface area contributed by atoms with Crippen LogP contribution in [0.5, 0.6) is 0 Å². The number of amides is 2. The maximum atomic E-state index is 13.5. The van der Waals surface area contributed by atoms with Crippen LogP contribution in [0.25, 0.3) is 0 Å². The summed E-state index contributed by atoms with van der Waals surface area (Å²) in [6.07, 6.45) is 1.13. The number of aryl methyl sites for hydroxylation is 3. The van der Waals surface area contributed by atoms with E-state index in [0.29, 0.717) is 29.9 Å². The van der Waals surface area contributed by atoms with E-state index in [0.717, 1.165) is 11.1 Å². The second kappa shape index (κ2) is 8.85. The molecule has 1 aliphatic rings. The lowest BCUT2D eigenvalue weighted by Crippen LogP contribution is -2.51. The van der Waals surface area contributed by atoms with Crippen molar-refractivity contribution in [2.45, 2.75) is 46.2 Å². The molecular weight excluding hydrogens is 422 g/mol. The highest BCUT2D eigenvalue weighted by Crippen LogP contribution is 2.32. The molecule has 0 unspecified atom stereocenters. The van der Waals surface area contributed by atoms with Crippen molar-refractivity contribution in [1.29, 1.82) is 0 Å². The van der Waals surface area contributed by atoms with Gasteiger partial charge in [-0.05, 0) is 57.4 Å². The van der Waals surface area contributed by atoms with Gasteiger partial charge in [0.2, 0.25) is 11.8 Å². The summed E-state index contributed by atoms with van der Waals surface area (Å²) in [4.78, 5) is 39.1. The van der Waals surface area contributed by atoms with Crippen molar-refractivity contribution in [2.75, 3.05) is 10.2 Å². The van der Waals surface area contributed by atoms with Crippen molar-refractivity contribution < 1.29 is 14.5 Å². The number of hydrogen-bond acceptors (Lipinski definition) is 5. The van der Waals surface area contributed by atoms with E-state index in [9.17, 15) is 19.7 Å². The topological polar surface area (TPSA) is 110 Å². The lowest BCUT2D eigenvalue weighted by Gasteiger charge is -2.36. The van der Waals surface area contributed by atoms with Gasteiger partial charge in [-0.3, -0.25) is 29.3 Å². The van der Waals surface area contributed by atoms with Crippen molar-refractivity contribution >= 4 is 28.9 Å². The van der Waals surface area contributed by atoms with Gasteiger partial charge in [-0.1, -0.05) is 35.9 Å². The molecule has 0 bridgehead atoms. The van der Waals surface area contributed by atoms with Crippen LogP contribution in [0.2, 0.25) is 0 Å². The lowest BCUT2D eigenvalue weighted by molar-refractivity contribution is -0.386. The number of rotatable bonds is 5. The monoisotopic (exact) mass is 447 g/mol. The van der Waals surface area contributed by atoms with Gasteiger partial charge in [0.1, 0.15) is 24.0 Å². The standard InChI is InChI=1S/C24H25N5O4/c1-15-8-11-19(12-9-15)25-24(31)21-13-10-18-6-4-5-7-20(18)28(21)22(30)14-27-17(3)23(29(32)33)16(2)26-27/h4-9,11-12,21H,10,13-14H2,1-3H3,(H,25,31)/t21-/m0/s1. The van der Waals surface area contributed by atoms with E-state index in [2.05, 4.69) is 10.4 Å². The molecule has 0 aliphatic carbocycles. The van der Waals surface area contributed by atoms with Crippen molar-refractivity contribution in [3.05, 3.63) is 81.2 Å². The Labute approximate surface area is 191 Å². The fourth-order valence-electron chi connectivity index (χ4n) is 4.28. The van der Waals surface area contributed by atoms with E-state index >= 15 is 0 Å². The summed E-state index contributed by atoms with van der Waals surface area (Å²) in [5, 5.41) is 18.5. The van der Waals surface area contributed by atoms with E-state index in [4.69, 9.17) is 0 Å². The van der Waals surface area contributed by atoms with Gasteiger partial charge >= 0.3 is 5.69 Å². The molecule has 170 valence electrons. The Morgan fingerprint density at radius 3 is 2.48 bits per heavy atom. The van der Waals surface area contributed by atoms with Crippen molar-refractivity contribution in [2.24, 2.45) is 0 Å². The molecule has 0 radical (unpaired) electrons. The Balaban J connectivity index is 1.65. The molecule has 9 nitrogen and oxygen atoms in total. The summed E-state index contributed by atoms with van der Waals surface area (Å²) in [6, 6.07) is 14.2. The second-order valence-electron chi connectivity index (χ2n) is 8.24. The van der Waals surface area contributed by atoms with Crippen LogP contribution in [0.1, 0.15) is 28.9 Å². The fraction of sp³-hybridized carbons (Fsp3) is 0.292. The van der Waals surface area contributed by atoms with Gasteiger partial charge in [0.15, 0.2) is 0 Å². The van der Waals surface area contributed by atoms with Crippen LogP contribution in [0.4, 0.5) is 17.1 Å². The van der Waals surface area contributed by atoms with E-state index in [1.807, 2.05) is 55.5 Å². The van der Waals surface area contributed by atoms with Gasteiger partial charge < -0.3 is 5.32 Å². The molecule has 1 N–H and O–H groups in total. The Bertz CT molecular complexity index is 1230. The van der Waals surface area contributed by atoms with Crippen LogP contribution in [-0.2, 0) is 22.6 Å². The minimum absolute atomic E-state index is 0.101. The zero-order valence-corrected chi connectivity index (χ0v) is 18.7. The van der Waals surface area contributed by atoms with E-state index < -0.39 is 11.0 Å². The average Bonchev–Trinajstić information content (AvgIpc) is 3.07. The number of nitro groups is 1. The first-order valence-electron chi connectivity index (χ1n) is 10.7. The number of nitrogens with zero attached hydrogens (tertiary/aromatic N) is 4. The molecule has 33 heavy (non-hydrogen) atoms. The van der Waals surface area contributed by atoms with Gasteiger partial charge in [-0.25, -0.2) is 0 Å². The van der Waals surface area contributed by atoms with E-state index in [1.165, 1.54) is 9.58 Å². The van der Waals surface area contributed by atoms with Gasteiger partial charge in [0, 0.05) is 11.4 Å². The summed E-state index contributed by atoms with van der Waals surface area (Å²) >= 11 is 0. The zero-order chi connectivity index (χ0) is 23.7. The smallest absolute Gasteiger partial charge is 0.312 e. The van der Waals surface area contributed by atoms with Crippen LogP contribution < -0.4 is 10.2 Å². The molecule has 2 heterocycles. The number of aromatic nitrogens is 2. The molecule has 2 amide bonds. The third-order valence-corrected chi connectivity index (χ3v) is 5.95. The molecule has 4 rings (SSSR count). The first kappa shape index (κ1) is 22.2. The fourth-order valence-corrected chi connectivity index (χ4v) is 4.28. The molecule has 1 aliphatic heterocycles. The Kier molecular flexibility index (Phi) is 5.95. The number of fused-ring (bicyclic) bond motifs is 1. The lowest BCUT2D eigenvalue weighted by atomic mass is 9.95. The minimum Gasteiger partial charge on any atom is -0.324 e. The number of carbonyl (C=O) groups excluding carboxylic acids is 2. The van der Waals surface area contributed by atoms with Crippen LogP contribution in [-0.4, -0.2) is 32.6 Å². The number of hydrogen-bond donors (Lipinski definition) is 1. The highest BCUT2D eigenvalue weighted by atomic mass is 16.6.